The van der Waals surface area contributed by atoms with E-state index in [1.807, 2.05) is 13.8 Å². The number of carbonyl (C=O) groups excluding carboxylic acids is 1. The molecular weight excluding hydrogens is 192 g/mol. The molecule has 0 saturated carbocycles. The molecule has 3 N–H and O–H groups in total. The van der Waals surface area contributed by atoms with Gasteiger partial charge in [-0.1, -0.05) is 0 Å². The minimum atomic E-state index is -0.143. The Morgan fingerprint density at radius 3 is 2.60 bits per heavy atom. The Morgan fingerprint density at radius 1 is 1.40 bits per heavy atom. The van der Waals surface area contributed by atoms with E-state index in [1.54, 1.807) is 25.3 Å². The second-order valence-corrected chi connectivity index (χ2v) is 3.62. The van der Waals surface area contributed by atoms with Crippen molar-refractivity contribution in [2.24, 2.45) is 0 Å². The van der Waals surface area contributed by atoms with Gasteiger partial charge in [-0.2, -0.15) is 0 Å². The lowest BCUT2D eigenvalue weighted by Gasteiger charge is -2.10. The highest BCUT2D eigenvalue weighted by molar-refractivity contribution is 5.95. The first-order chi connectivity index (χ1) is 7.02. The van der Waals surface area contributed by atoms with E-state index in [4.69, 9.17) is 10.5 Å². The summed E-state index contributed by atoms with van der Waals surface area (Å²) in [6, 6.07) is 5.06. The summed E-state index contributed by atoms with van der Waals surface area (Å²) in [7, 11) is 1.54. The van der Waals surface area contributed by atoms with Gasteiger partial charge in [-0.15, -0.1) is 0 Å². The fourth-order valence-corrected chi connectivity index (χ4v) is 1.22. The van der Waals surface area contributed by atoms with Crippen LogP contribution in [-0.4, -0.2) is 19.1 Å². The number of methoxy groups -OCH3 is 1. The van der Waals surface area contributed by atoms with E-state index in [0.717, 1.165) is 0 Å². The number of amides is 1. The highest BCUT2D eigenvalue weighted by atomic mass is 16.5. The van der Waals surface area contributed by atoms with Crippen LogP contribution >= 0.6 is 0 Å². The first kappa shape index (κ1) is 11.4. The summed E-state index contributed by atoms with van der Waals surface area (Å²) >= 11 is 0. The zero-order chi connectivity index (χ0) is 11.4. The SMILES string of the molecule is COc1cc(N)cc(C(=O)NC(C)C)c1. The molecule has 0 spiro atoms. The Labute approximate surface area is 89.4 Å². The van der Waals surface area contributed by atoms with Gasteiger partial charge in [0.1, 0.15) is 5.75 Å². The van der Waals surface area contributed by atoms with E-state index in [0.29, 0.717) is 17.0 Å². The van der Waals surface area contributed by atoms with Crippen LogP contribution in [0.25, 0.3) is 0 Å². The quantitative estimate of drug-likeness (QED) is 0.738. The Balaban J connectivity index is 2.93. The van der Waals surface area contributed by atoms with Crippen molar-refractivity contribution in [2.45, 2.75) is 19.9 Å². The normalized spacial score (nSPS) is 10.1. The molecule has 0 radical (unpaired) electrons. The molecule has 0 aliphatic rings. The first-order valence-corrected chi connectivity index (χ1v) is 4.78. The summed E-state index contributed by atoms with van der Waals surface area (Å²) in [6.07, 6.45) is 0. The van der Waals surface area contributed by atoms with Gasteiger partial charge in [0.2, 0.25) is 0 Å². The van der Waals surface area contributed by atoms with E-state index in [-0.39, 0.29) is 11.9 Å². The minimum absolute atomic E-state index is 0.102. The molecule has 4 nitrogen and oxygen atoms in total. The van der Waals surface area contributed by atoms with Crippen LogP contribution in [0.3, 0.4) is 0 Å². The molecule has 0 aliphatic carbocycles. The summed E-state index contributed by atoms with van der Waals surface area (Å²) in [5, 5.41) is 2.79. The lowest BCUT2D eigenvalue weighted by Crippen LogP contribution is -2.30. The van der Waals surface area contributed by atoms with Gasteiger partial charge in [-0.25, -0.2) is 0 Å². The number of hydrogen-bond acceptors (Lipinski definition) is 3. The second kappa shape index (κ2) is 4.68. The Morgan fingerprint density at radius 2 is 2.07 bits per heavy atom. The predicted octanol–water partition coefficient (Wildman–Crippen LogP) is 1.42. The zero-order valence-corrected chi connectivity index (χ0v) is 9.20. The van der Waals surface area contributed by atoms with Gasteiger partial charge in [-0.3, -0.25) is 4.79 Å². The molecule has 0 unspecified atom stereocenters. The van der Waals surface area contributed by atoms with E-state index in [2.05, 4.69) is 5.32 Å². The van der Waals surface area contributed by atoms with Crippen molar-refractivity contribution in [3.63, 3.8) is 0 Å². The van der Waals surface area contributed by atoms with E-state index < -0.39 is 0 Å². The van der Waals surface area contributed by atoms with Crippen LogP contribution in [-0.2, 0) is 0 Å². The monoisotopic (exact) mass is 208 g/mol. The topological polar surface area (TPSA) is 64.3 Å². The molecule has 0 atom stereocenters. The van der Waals surface area contributed by atoms with Gasteiger partial charge in [0.05, 0.1) is 7.11 Å². The number of rotatable bonds is 3. The van der Waals surface area contributed by atoms with Crippen LogP contribution in [0.4, 0.5) is 5.69 Å². The van der Waals surface area contributed by atoms with Crippen molar-refractivity contribution in [3.8, 4) is 5.75 Å². The van der Waals surface area contributed by atoms with Crippen LogP contribution in [0.2, 0.25) is 0 Å². The second-order valence-electron chi connectivity index (χ2n) is 3.62. The van der Waals surface area contributed by atoms with Crippen LogP contribution in [0.5, 0.6) is 5.75 Å². The molecule has 82 valence electrons. The van der Waals surface area contributed by atoms with E-state index in [1.165, 1.54) is 0 Å². The van der Waals surface area contributed by atoms with Crippen LogP contribution in [0.1, 0.15) is 24.2 Å². The molecule has 0 saturated heterocycles. The van der Waals surface area contributed by atoms with Gasteiger partial charge >= 0.3 is 0 Å². The van der Waals surface area contributed by atoms with Crippen molar-refractivity contribution in [1.82, 2.24) is 5.32 Å². The van der Waals surface area contributed by atoms with E-state index in [9.17, 15) is 4.79 Å². The maximum Gasteiger partial charge on any atom is 0.251 e. The fourth-order valence-electron chi connectivity index (χ4n) is 1.22. The largest absolute Gasteiger partial charge is 0.497 e. The van der Waals surface area contributed by atoms with Crippen molar-refractivity contribution in [3.05, 3.63) is 23.8 Å². The molecule has 1 aromatic rings. The third-order valence-corrected chi connectivity index (χ3v) is 1.85. The first-order valence-electron chi connectivity index (χ1n) is 4.78. The summed E-state index contributed by atoms with van der Waals surface area (Å²) < 4.78 is 5.03. The molecule has 1 amide bonds. The highest BCUT2D eigenvalue weighted by Crippen LogP contribution is 2.18. The number of nitrogens with one attached hydrogen (secondary N) is 1. The van der Waals surface area contributed by atoms with Crippen molar-refractivity contribution in [2.75, 3.05) is 12.8 Å². The molecule has 0 fully saturated rings. The predicted molar refractivity (Wildman–Crippen MR) is 60.0 cm³/mol. The minimum Gasteiger partial charge on any atom is -0.497 e. The number of hydrogen-bond donors (Lipinski definition) is 2. The molecule has 1 aromatic carbocycles. The smallest absolute Gasteiger partial charge is 0.251 e. The maximum absolute atomic E-state index is 11.7. The van der Waals surface area contributed by atoms with Crippen molar-refractivity contribution < 1.29 is 9.53 Å². The standard InChI is InChI=1S/C11H16N2O2/c1-7(2)13-11(14)8-4-9(12)6-10(5-8)15-3/h4-7H,12H2,1-3H3,(H,13,14). The van der Waals surface area contributed by atoms with Crippen molar-refractivity contribution >= 4 is 11.6 Å². The molecule has 0 heterocycles. The average molecular weight is 208 g/mol. The average Bonchev–Trinajstić information content (AvgIpc) is 2.15. The number of anilines is 1. The fraction of sp³-hybridized carbons (Fsp3) is 0.364. The van der Waals surface area contributed by atoms with Gasteiger partial charge < -0.3 is 15.8 Å². The number of nitrogen functional groups attached to an aromatic ring is 1. The molecule has 4 heteroatoms. The molecule has 0 aliphatic heterocycles. The van der Waals surface area contributed by atoms with Crippen LogP contribution in [0, 0.1) is 0 Å². The molecule has 0 bridgehead atoms. The van der Waals surface area contributed by atoms with Gasteiger partial charge in [-0.05, 0) is 26.0 Å². The molecular formula is C11H16N2O2. The zero-order valence-electron chi connectivity index (χ0n) is 9.20. The Hall–Kier alpha value is -1.71. The lowest BCUT2D eigenvalue weighted by atomic mass is 10.1. The molecule has 15 heavy (non-hydrogen) atoms. The summed E-state index contributed by atoms with van der Waals surface area (Å²) in [5.41, 5.74) is 6.67. The highest BCUT2D eigenvalue weighted by Gasteiger charge is 2.08. The van der Waals surface area contributed by atoms with Crippen LogP contribution in [0.15, 0.2) is 18.2 Å². The number of nitrogens with two attached hydrogens (primary N) is 1. The van der Waals surface area contributed by atoms with Gasteiger partial charge in [0.25, 0.3) is 5.91 Å². The van der Waals surface area contributed by atoms with Gasteiger partial charge in [0.15, 0.2) is 0 Å². The van der Waals surface area contributed by atoms with Gasteiger partial charge in [0, 0.05) is 23.4 Å². The number of ether oxygens (including phenoxy) is 1. The van der Waals surface area contributed by atoms with E-state index >= 15 is 0 Å². The number of benzene rings is 1. The third-order valence-electron chi connectivity index (χ3n) is 1.85. The molecule has 0 aromatic heterocycles. The Bertz CT molecular complexity index is 362. The summed E-state index contributed by atoms with van der Waals surface area (Å²) in [6.45, 7) is 3.81. The lowest BCUT2D eigenvalue weighted by molar-refractivity contribution is 0.0943. The maximum atomic E-state index is 11.7. The Kier molecular flexibility index (Phi) is 3.55. The van der Waals surface area contributed by atoms with Crippen LogP contribution < -0.4 is 15.8 Å². The summed E-state index contributed by atoms with van der Waals surface area (Å²) in [5.74, 6) is 0.444. The third kappa shape index (κ3) is 3.16. The number of carbonyl (C=O) groups is 1. The molecule has 1 rings (SSSR count). The summed E-state index contributed by atoms with van der Waals surface area (Å²) in [4.78, 5) is 11.7. The van der Waals surface area contributed by atoms with Crippen molar-refractivity contribution in [1.29, 1.82) is 0 Å².